The number of amides is 1. The van der Waals surface area contributed by atoms with Crippen molar-refractivity contribution < 1.29 is 33.7 Å². The third-order valence-corrected chi connectivity index (χ3v) is 8.36. The van der Waals surface area contributed by atoms with Gasteiger partial charge in [-0.1, -0.05) is 6.92 Å². The molecule has 2 saturated heterocycles. The number of ether oxygens (including phenoxy) is 1. The fourth-order valence-corrected chi connectivity index (χ4v) is 5.95. The summed E-state index contributed by atoms with van der Waals surface area (Å²) in [6.07, 6.45) is 1.75. The Morgan fingerprint density at radius 1 is 1.22 bits per heavy atom. The molecule has 0 aromatic carbocycles. The van der Waals surface area contributed by atoms with Crippen LogP contribution in [0.15, 0.2) is 13.6 Å². The summed E-state index contributed by atoms with van der Waals surface area (Å²) in [5.41, 5.74) is -0.732. The van der Waals surface area contributed by atoms with Crippen LogP contribution in [0.2, 0.25) is 0 Å². The van der Waals surface area contributed by atoms with Gasteiger partial charge in [0.25, 0.3) is 0 Å². The molecule has 0 unspecified atom stereocenters. The van der Waals surface area contributed by atoms with Gasteiger partial charge < -0.3 is 34.2 Å². The average molecular weight is 542 g/mol. The first-order chi connectivity index (χ1) is 17.7. The molecule has 37 heavy (non-hydrogen) atoms. The highest BCUT2D eigenvalue weighted by Gasteiger charge is 2.46. The summed E-state index contributed by atoms with van der Waals surface area (Å²) in [6, 6.07) is 1.06. The van der Waals surface area contributed by atoms with Crippen molar-refractivity contribution >= 4 is 17.7 Å². The molecule has 3 heterocycles. The Balaban J connectivity index is 1.77. The zero-order chi connectivity index (χ0) is 27.1. The maximum absolute atomic E-state index is 13.7. The molecule has 0 bridgehead atoms. The van der Waals surface area contributed by atoms with Crippen molar-refractivity contribution in [1.82, 2.24) is 10.2 Å². The van der Waals surface area contributed by atoms with Gasteiger partial charge >= 0.3 is 5.82 Å². The molecule has 11 nitrogen and oxygen atoms in total. The molecular formula is C25H39N3O8S. The number of aliphatic hydroxyl groups is 3. The Bertz CT molecular complexity index is 976. The molecular weight excluding hydrogens is 502 g/mol. The van der Waals surface area contributed by atoms with Crippen molar-refractivity contribution in [2.45, 2.75) is 107 Å². The Morgan fingerprint density at radius 2 is 1.97 bits per heavy atom. The quantitative estimate of drug-likeness (QED) is 0.315. The Kier molecular flexibility index (Phi) is 11.0. The molecule has 2 aliphatic heterocycles. The molecule has 4 N–H and O–H groups in total. The van der Waals surface area contributed by atoms with E-state index in [4.69, 9.17) is 18.8 Å². The lowest BCUT2D eigenvalue weighted by molar-refractivity contribution is -0.205. The van der Waals surface area contributed by atoms with Crippen LogP contribution in [0, 0.1) is 24.2 Å². The van der Waals surface area contributed by atoms with Crippen molar-refractivity contribution in [1.29, 1.82) is 5.26 Å². The summed E-state index contributed by atoms with van der Waals surface area (Å²) in [5, 5.41) is 43.1. The van der Waals surface area contributed by atoms with Crippen molar-refractivity contribution in [2.24, 2.45) is 5.92 Å². The van der Waals surface area contributed by atoms with Gasteiger partial charge in [0, 0.05) is 6.42 Å². The normalized spacial score (nSPS) is 31.9. The lowest BCUT2D eigenvalue weighted by atomic mass is 9.92. The van der Waals surface area contributed by atoms with E-state index in [0.29, 0.717) is 43.2 Å². The highest BCUT2D eigenvalue weighted by molar-refractivity contribution is 7.99. The third-order valence-electron chi connectivity index (χ3n) is 7.50. The SMILES string of the molecule is CC[C@@H](NC(=O)[C@@H]1CC[C@H](CCCC#N)CCN1Cc1oc(=O)oc1C)[C@H]1O[C@H](SC)[C@H](O)[C@@H](O)[C@H]1O. The van der Waals surface area contributed by atoms with E-state index in [-0.39, 0.29) is 12.5 Å². The van der Waals surface area contributed by atoms with Crippen LogP contribution in [-0.2, 0) is 16.1 Å². The van der Waals surface area contributed by atoms with E-state index in [1.807, 2.05) is 11.8 Å². The minimum atomic E-state index is -1.39. The summed E-state index contributed by atoms with van der Waals surface area (Å²) in [6.45, 7) is 4.34. The molecule has 1 aromatic rings. The van der Waals surface area contributed by atoms with Crippen LogP contribution < -0.4 is 11.1 Å². The van der Waals surface area contributed by atoms with E-state index in [1.54, 1.807) is 13.2 Å². The van der Waals surface area contributed by atoms with Crippen molar-refractivity contribution in [3.8, 4) is 6.07 Å². The van der Waals surface area contributed by atoms with Gasteiger partial charge in [-0.3, -0.25) is 9.69 Å². The number of unbranched alkanes of at least 4 members (excludes halogenated alkanes) is 1. The van der Waals surface area contributed by atoms with E-state index in [9.17, 15) is 24.9 Å². The minimum Gasteiger partial charge on any atom is -0.396 e. The number of hydrogen-bond donors (Lipinski definition) is 4. The van der Waals surface area contributed by atoms with Crippen LogP contribution >= 0.6 is 11.8 Å². The van der Waals surface area contributed by atoms with Gasteiger partial charge in [-0.25, -0.2) is 4.79 Å². The summed E-state index contributed by atoms with van der Waals surface area (Å²) in [4.78, 5) is 27.2. The number of hydrogen-bond acceptors (Lipinski definition) is 11. The standard InChI is InChI=1S/C25H39N3O8S/c1-4-16(22-20(30)19(29)21(31)24(36-22)37-3)27-23(32)17-9-8-15(7-5-6-11-26)10-12-28(17)13-18-14(2)34-25(33)35-18/h15-17,19-22,24,29-31H,4-10,12-13H2,1-3H3,(H,27,32)/t15-,16+,17-,19-,20+,21+,22+,24+/m0/s1. The van der Waals surface area contributed by atoms with Crippen molar-refractivity contribution in [3.63, 3.8) is 0 Å². The number of nitrogens with zero attached hydrogens (tertiary/aromatic N) is 2. The van der Waals surface area contributed by atoms with Gasteiger partial charge in [0.2, 0.25) is 5.91 Å². The second-order valence-electron chi connectivity index (χ2n) is 9.90. The molecule has 3 rings (SSSR count). The van der Waals surface area contributed by atoms with Gasteiger partial charge in [0.05, 0.1) is 24.7 Å². The monoisotopic (exact) mass is 541 g/mol. The fraction of sp³-hybridized carbons (Fsp3) is 0.800. The second kappa shape index (κ2) is 13.8. The highest BCUT2D eigenvalue weighted by Crippen LogP contribution is 2.31. The zero-order valence-electron chi connectivity index (χ0n) is 21.7. The van der Waals surface area contributed by atoms with Crippen LogP contribution in [0.25, 0.3) is 0 Å². The maximum atomic E-state index is 13.7. The molecule has 0 aliphatic carbocycles. The molecule has 208 valence electrons. The summed E-state index contributed by atoms with van der Waals surface area (Å²) in [5.74, 6) is 0.0977. The van der Waals surface area contributed by atoms with Crippen molar-refractivity contribution in [3.05, 3.63) is 22.1 Å². The van der Waals surface area contributed by atoms with E-state index >= 15 is 0 Å². The summed E-state index contributed by atoms with van der Waals surface area (Å²) < 4.78 is 16.1. The number of likely N-dealkylation sites (tertiary alicyclic amines) is 1. The summed E-state index contributed by atoms with van der Waals surface area (Å²) in [7, 11) is 0. The second-order valence-corrected chi connectivity index (χ2v) is 10.8. The van der Waals surface area contributed by atoms with Crippen LogP contribution in [0.5, 0.6) is 0 Å². The average Bonchev–Trinajstić information content (AvgIpc) is 3.06. The molecule has 8 atom stereocenters. The number of nitriles is 1. The summed E-state index contributed by atoms with van der Waals surface area (Å²) >= 11 is 1.22. The van der Waals surface area contributed by atoms with Crippen LogP contribution in [0.4, 0.5) is 0 Å². The van der Waals surface area contributed by atoms with Gasteiger partial charge in [-0.2, -0.15) is 5.26 Å². The first-order valence-electron chi connectivity index (χ1n) is 12.9. The van der Waals surface area contributed by atoms with Gasteiger partial charge in [-0.15, -0.1) is 11.8 Å². The molecule has 1 aromatic heterocycles. The highest BCUT2D eigenvalue weighted by atomic mass is 32.2. The topological polar surface area (TPSA) is 169 Å². The molecule has 12 heteroatoms. The van der Waals surface area contributed by atoms with Gasteiger partial charge in [-0.05, 0) is 64.2 Å². The number of rotatable bonds is 10. The Labute approximate surface area is 221 Å². The fourth-order valence-electron chi connectivity index (χ4n) is 5.27. The van der Waals surface area contributed by atoms with E-state index in [1.165, 1.54) is 11.8 Å². The smallest absolute Gasteiger partial charge is 0.396 e. The third kappa shape index (κ3) is 7.37. The lowest BCUT2D eigenvalue weighted by Crippen LogP contribution is -2.63. The number of carbonyl (C=O) groups excluding carboxylic acids is 1. The Morgan fingerprint density at radius 3 is 2.59 bits per heavy atom. The Hall–Kier alpha value is -1.88. The minimum absolute atomic E-state index is 0.235. The first kappa shape index (κ1) is 29.7. The van der Waals surface area contributed by atoms with E-state index < -0.39 is 47.8 Å². The molecule has 0 spiro atoms. The number of thioether (sulfide) groups is 1. The molecule has 2 aliphatic rings. The predicted molar refractivity (Wildman–Crippen MR) is 135 cm³/mol. The van der Waals surface area contributed by atoms with Gasteiger partial charge in [0.15, 0.2) is 5.76 Å². The van der Waals surface area contributed by atoms with E-state index in [2.05, 4.69) is 11.4 Å². The lowest BCUT2D eigenvalue weighted by Gasteiger charge is -2.43. The van der Waals surface area contributed by atoms with Crippen LogP contribution in [-0.4, -0.2) is 80.9 Å². The number of nitrogens with one attached hydrogen (secondary N) is 1. The molecule has 1 amide bonds. The number of carbonyl (C=O) groups is 1. The van der Waals surface area contributed by atoms with Gasteiger partial charge in [0.1, 0.15) is 35.6 Å². The number of aryl methyl sites for hydroxylation is 1. The van der Waals surface area contributed by atoms with Crippen LogP contribution in [0.3, 0.4) is 0 Å². The largest absolute Gasteiger partial charge is 0.519 e. The van der Waals surface area contributed by atoms with Crippen molar-refractivity contribution in [2.75, 3.05) is 12.8 Å². The molecule has 2 fully saturated rings. The van der Waals surface area contributed by atoms with E-state index in [0.717, 1.165) is 25.7 Å². The maximum Gasteiger partial charge on any atom is 0.519 e. The molecule has 0 saturated carbocycles. The zero-order valence-corrected chi connectivity index (χ0v) is 22.5. The van der Waals surface area contributed by atoms with Crippen LogP contribution in [0.1, 0.15) is 63.4 Å². The predicted octanol–water partition coefficient (Wildman–Crippen LogP) is 1.27. The first-order valence-corrected chi connectivity index (χ1v) is 14.2. The number of aliphatic hydroxyl groups excluding tert-OH is 3. The molecule has 0 radical (unpaired) electrons.